The molecule has 0 aliphatic heterocycles. The predicted octanol–water partition coefficient (Wildman–Crippen LogP) is 1.91. The van der Waals surface area contributed by atoms with Gasteiger partial charge in [-0.05, 0) is 31.9 Å². The Labute approximate surface area is 136 Å². The number of imidazole rings is 1. The first kappa shape index (κ1) is 17.3. The Morgan fingerprint density at radius 1 is 1.35 bits per heavy atom. The number of urea groups is 1. The average Bonchev–Trinajstić information content (AvgIpc) is 2.91. The summed E-state index contributed by atoms with van der Waals surface area (Å²) in [6, 6.07) is 7.78. The Morgan fingerprint density at radius 3 is 2.78 bits per heavy atom. The van der Waals surface area contributed by atoms with E-state index in [9.17, 15) is 4.79 Å². The number of para-hydroxylation sites is 2. The van der Waals surface area contributed by atoms with Crippen LogP contribution in [0.25, 0.3) is 11.0 Å². The van der Waals surface area contributed by atoms with E-state index in [4.69, 9.17) is 5.11 Å². The van der Waals surface area contributed by atoms with E-state index >= 15 is 0 Å². The first-order valence-electron chi connectivity index (χ1n) is 8.16. The van der Waals surface area contributed by atoms with E-state index in [2.05, 4.69) is 33.2 Å². The van der Waals surface area contributed by atoms with Crippen molar-refractivity contribution in [1.29, 1.82) is 0 Å². The molecule has 2 amide bonds. The Hall–Kier alpha value is -2.08. The smallest absolute Gasteiger partial charge is 0.315 e. The molecule has 0 bridgehead atoms. The number of hydrogen-bond acceptors (Lipinski definition) is 3. The first-order valence-corrected chi connectivity index (χ1v) is 8.16. The molecule has 6 nitrogen and oxygen atoms in total. The second-order valence-electron chi connectivity index (χ2n) is 5.86. The maximum Gasteiger partial charge on any atom is 0.315 e. The van der Waals surface area contributed by atoms with Crippen LogP contribution in [-0.2, 0) is 13.0 Å². The summed E-state index contributed by atoms with van der Waals surface area (Å²) in [5.41, 5.74) is 2.11. The maximum atomic E-state index is 11.9. The maximum absolute atomic E-state index is 11.9. The number of aromatic nitrogens is 2. The summed E-state index contributed by atoms with van der Waals surface area (Å²) >= 11 is 0. The fourth-order valence-corrected chi connectivity index (χ4v) is 2.52. The van der Waals surface area contributed by atoms with Crippen LogP contribution in [-0.4, -0.2) is 39.9 Å². The number of hydrogen-bond donors (Lipinski definition) is 3. The largest absolute Gasteiger partial charge is 0.396 e. The van der Waals surface area contributed by atoms with E-state index in [1.807, 2.05) is 32.0 Å². The first-order chi connectivity index (χ1) is 11.1. The van der Waals surface area contributed by atoms with Crippen LogP contribution < -0.4 is 10.6 Å². The van der Waals surface area contributed by atoms with E-state index in [1.165, 1.54) is 0 Å². The fraction of sp³-hybridized carbons (Fsp3) is 0.529. The molecule has 2 aromatic rings. The number of benzene rings is 1. The highest BCUT2D eigenvalue weighted by Crippen LogP contribution is 2.15. The lowest BCUT2D eigenvalue weighted by atomic mass is 10.1. The van der Waals surface area contributed by atoms with Crippen molar-refractivity contribution in [3.05, 3.63) is 30.1 Å². The molecule has 0 fully saturated rings. The second kappa shape index (κ2) is 7.97. The van der Waals surface area contributed by atoms with Gasteiger partial charge in [-0.3, -0.25) is 0 Å². The van der Waals surface area contributed by atoms with Crippen LogP contribution in [0.3, 0.4) is 0 Å². The van der Waals surface area contributed by atoms with Crippen molar-refractivity contribution in [3.8, 4) is 0 Å². The molecule has 0 aliphatic rings. The van der Waals surface area contributed by atoms with Crippen molar-refractivity contribution >= 4 is 17.1 Å². The molecular weight excluding hydrogens is 292 g/mol. The predicted molar refractivity (Wildman–Crippen MR) is 91.4 cm³/mol. The number of aliphatic hydroxyl groups is 1. The van der Waals surface area contributed by atoms with Gasteiger partial charge < -0.3 is 20.3 Å². The third-order valence-corrected chi connectivity index (χ3v) is 4.18. The van der Waals surface area contributed by atoms with E-state index in [1.54, 1.807) is 0 Å². The van der Waals surface area contributed by atoms with Crippen molar-refractivity contribution < 1.29 is 9.90 Å². The highest BCUT2D eigenvalue weighted by atomic mass is 16.3. The average molecular weight is 318 g/mol. The van der Waals surface area contributed by atoms with Crippen LogP contribution in [0.1, 0.15) is 26.6 Å². The lowest BCUT2D eigenvalue weighted by Crippen LogP contribution is -2.44. The number of nitrogens with zero attached hydrogens (tertiary/aromatic N) is 2. The fourth-order valence-electron chi connectivity index (χ4n) is 2.52. The van der Waals surface area contributed by atoms with Crippen LogP contribution in [0.15, 0.2) is 24.3 Å². The lowest BCUT2D eigenvalue weighted by Gasteiger charge is -2.19. The van der Waals surface area contributed by atoms with Gasteiger partial charge in [0.1, 0.15) is 5.82 Å². The van der Waals surface area contributed by atoms with Crippen LogP contribution in [0, 0.1) is 5.92 Å². The lowest BCUT2D eigenvalue weighted by molar-refractivity contribution is 0.200. The van der Waals surface area contributed by atoms with E-state index in [0.717, 1.165) is 23.4 Å². The summed E-state index contributed by atoms with van der Waals surface area (Å²) in [7, 11) is 0. The van der Waals surface area contributed by atoms with E-state index in [0.29, 0.717) is 13.0 Å². The Kier molecular flexibility index (Phi) is 5.98. The molecule has 6 heteroatoms. The van der Waals surface area contributed by atoms with Gasteiger partial charge in [-0.15, -0.1) is 0 Å². The Morgan fingerprint density at radius 2 is 2.09 bits per heavy atom. The van der Waals surface area contributed by atoms with Crippen LogP contribution in [0.4, 0.5) is 4.79 Å². The molecule has 2 rings (SSSR count). The third kappa shape index (κ3) is 4.22. The number of nitrogens with one attached hydrogen (secondary N) is 2. The third-order valence-electron chi connectivity index (χ3n) is 4.18. The van der Waals surface area contributed by atoms with Gasteiger partial charge in [-0.1, -0.05) is 19.1 Å². The van der Waals surface area contributed by atoms with E-state index in [-0.39, 0.29) is 24.6 Å². The van der Waals surface area contributed by atoms with Gasteiger partial charge >= 0.3 is 6.03 Å². The minimum atomic E-state index is -0.211. The van der Waals surface area contributed by atoms with Crippen molar-refractivity contribution in [2.24, 2.45) is 5.92 Å². The molecule has 0 spiro atoms. The minimum absolute atomic E-state index is 0.0324. The van der Waals surface area contributed by atoms with Crippen molar-refractivity contribution in [2.75, 3.05) is 13.2 Å². The zero-order chi connectivity index (χ0) is 16.8. The SMILES string of the molecule is CCn1c(CCNC(=O)NC(C)C(C)CO)nc2ccccc21. The number of carbonyl (C=O) groups is 1. The van der Waals surface area contributed by atoms with E-state index < -0.39 is 0 Å². The highest BCUT2D eigenvalue weighted by Gasteiger charge is 2.14. The summed E-state index contributed by atoms with van der Waals surface area (Å²) in [6.07, 6.45) is 0.680. The second-order valence-corrected chi connectivity index (χ2v) is 5.86. The van der Waals surface area contributed by atoms with Crippen molar-refractivity contribution in [1.82, 2.24) is 20.2 Å². The molecule has 23 heavy (non-hydrogen) atoms. The van der Waals surface area contributed by atoms with Crippen molar-refractivity contribution in [2.45, 2.75) is 39.8 Å². The Balaban J connectivity index is 1.90. The number of aryl methyl sites for hydroxylation is 1. The molecule has 0 radical (unpaired) electrons. The summed E-state index contributed by atoms with van der Waals surface area (Å²) in [5.74, 6) is 1.01. The molecular formula is C17H26N4O2. The molecule has 0 saturated heterocycles. The molecule has 3 N–H and O–H groups in total. The monoisotopic (exact) mass is 318 g/mol. The quantitative estimate of drug-likeness (QED) is 0.729. The molecule has 2 unspecified atom stereocenters. The molecule has 0 saturated carbocycles. The number of fused-ring (bicyclic) bond motifs is 1. The molecule has 1 aromatic heterocycles. The standard InChI is InChI=1S/C17H26N4O2/c1-4-21-15-8-6-5-7-14(15)20-16(21)9-10-18-17(23)19-13(3)12(2)11-22/h5-8,12-13,22H,4,9-11H2,1-3H3,(H2,18,19,23). The molecule has 0 aliphatic carbocycles. The molecule has 126 valence electrons. The molecule has 1 heterocycles. The van der Waals surface area contributed by atoms with Gasteiger partial charge in [0, 0.05) is 32.2 Å². The number of rotatable bonds is 7. The van der Waals surface area contributed by atoms with Crippen LogP contribution >= 0.6 is 0 Å². The topological polar surface area (TPSA) is 79.2 Å². The zero-order valence-corrected chi connectivity index (χ0v) is 14.0. The van der Waals surface area contributed by atoms with Gasteiger partial charge in [0.05, 0.1) is 11.0 Å². The van der Waals surface area contributed by atoms with Gasteiger partial charge in [0.2, 0.25) is 0 Å². The zero-order valence-electron chi connectivity index (χ0n) is 14.0. The van der Waals surface area contributed by atoms with Gasteiger partial charge in [0.25, 0.3) is 0 Å². The van der Waals surface area contributed by atoms with Crippen molar-refractivity contribution in [3.63, 3.8) is 0 Å². The number of aliphatic hydroxyl groups excluding tert-OH is 1. The summed E-state index contributed by atoms with van der Waals surface area (Å²) in [6.45, 7) is 7.31. The summed E-state index contributed by atoms with van der Waals surface area (Å²) < 4.78 is 2.17. The Bertz CT molecular complexity index is 653. The molecule has 2 atom stereocenters. The number of amides is 2. The van der Waals surface area contributed by atoms with Gasteiger partial charge in [-0.2, -0.15) is 0 Å². The van der Waals surface area contributed by atoms with Gasteiger partial charge in [-0.25, -0.2) is 9.78 Å². The highest BCUT2D eigenvalue weighted by molar-refractivity contribution is 5.76. The summed E-state index contributed by atoms with van der Waals surface area (Å²) in [4.78, 5) is 16.5. The molecule has 1 aromatic carbocycles. The normalized spacial score (nSPS) is 13.7. The van der Waals surface area contributed by atoms with Crippen LogP contribution in [0.5, 0.6) is 0 Å². The summed E-state index contributed by atoms with van der Waals surface area (Å²) in [5, 5.41) is 14.8. The number of carbonyl (C=O) groups excluding carboxylic acids is 1. The van der Waals surface area contributed by atoms with Gasteiger partial charge in [0.15, 0.2) is 0 Å². The minimum Gasteiger partial charge on any atom is -0.396 e. The van der Waals surface area contributed by atoms with Crippen LogP contribution in [0.2, 0.25) is 0 Å².